The first-order valence-electron chi connectivity index (χ1n) is 5.69. The monoisotopic (exact) mass is 297 g/mol. The molecule has 0 saturated carbocycles. The van der Waals surface area contributed by atoms with Gasteiger partial charge in [-0.05, 0) is 24.3 Å². The van der Waals surface area contributed by atoms with Gasteiger partial charge in [0.1, 0.15) is 5.75 Å². The molecule has 21 heavy (non-hydrogen) atoms. The van der Waals surface area contributed by atoms with E-state index in [-0.39, 0.29) is 17.5 Å². The lowest BCUT2D eigenvalue weighted by molar-refractivity contribution is -0.137. The van der Waals surface area contributed by atoms with E-state index in [0.717, 1.165) is 12.1 Å². The number of rotatable bonds is 3. The van der Waals surface area contributed by atoms with Crippen LogP contribution in [-0.2, 0) is 6.18 Å². The van der Waals surface area contributed by atoms with Crippen LogP contribution in [0.5, 0.6) is 11.6 Å². The molecule has 0 fully saturated rings. The molecule has 0 unspecified atom stereocenters. The minimum atomic E-state index is -4.46. The molecule has 0 aliphatic carbocycles. The van der Waals surface area contributed by atoms with Gasteiger partial charge in [0.15, 0.2) is 5.84 Å². The van der Waals surface area contributed by atoms with Crippen LogP contribution >= 0.6 is 0 Å². The number of benzene rings is 1. The first kappa shape index (κ1) is 14.6. The van der Waals surface area contributed by atoms with Crippen LogP contribution in [0.3, 0.4) is 0 Å². The van der Waals surface area contributed by atoms with Crippen molar-refractivity contribution in [2.45, 2.75) is 6.18 Å². The predicted octanol–water partition coefficient (Wildman–Crippen LogP) is 2.99. The molecule has 1 aromatic heterocycles. The number of amidine groups is 1. The third-order valence-corrected chi connectivity index (χ3v) is 2.52. The lowest BCUT2D eigenvalue weighted by atomic mass is 10.2. The van der Waals surface area contributed by atoms with Gasteiger partial charge >= 0.3 is 6.18 Å². The Balaban J connectivity index is 2.27. The van der Waals surface area contributed by atoms with E-state index in [1.807, 2.05) is 0 Å². The van der Waals surface area contributed by atoms with Gasteiger partial charge in [0.25, 0.3) is 0 Å². The number of oxime groups is 1. The zero-order valence-electron chi connectivity index (χ0n) is 10.5. The average molecular weight is 297 g/mol. The number of halogens is 3. The molecule has 5 nitrogen and oxygen atoms in total. The number of hydrogen-bond acceptors (Lipinski definition) is 4. The summed E-state index contributed by atoms with van der Waals surface area (Å²) < 4.78 is 43.0. The van der Waals surface area contributed by atoms with Crippen LogP contribution in [0.15, 0.2) is 47.8 Å². The standard InChI is InChI=1S/C13H10F3N3O2/c14-13(15,16)9-2-1-3-10(7-9)21-11-6-8(4-5-18-11)12(17)19-20/h1-7,20H,(H2,17,19). The van der Waals surface area contributed by atoms with Crippen molar-refractivity contribution < 1.29 is 23.1 Å². The average Bonchev–Trinajstić information content (AvgIpc) is 2.46. The summed E-state index contributed by atoms with van der Waals surface area (Å²) in [6, 6.07) is 7.20. The van der Waals surface area contributed by atoms with Crippen LogP contribution in [-0.4, -0.2) is 16.0 Å². The molecule has 2 rings (SSSR count). The van der Waals surface area contributed by atoms with E-state index in [9.17, 15) is 13.2 Å². The maximum atomic E-state index is 12.6. The van der Waals surface area contributed by atoms with Gasteiger partial charge in [-0.15, -0.1) is 0 Å². The van der Waals surface area contributed by atoms with Crippen LogP contribution in [0.4, 0.5) is 13.2 Å². The molecule has 0 atom stereocenters. The molecule has 0 spiro atoms. The SMILES string of the molecule is N/C(=N\O)c1ccnc(Oc2cccc(C(F)(F)F)c2)c1. The molecule has 3 N–H and O–H groups in total. The Bertz CT molecular complexity index is 672. The van der Waals surface area contributed by atoms with Crippen molar-refractivity contribution in [3.63, 3.8) is 0 Å². The van der Waals surface area contributed by atoms with E-state index in [2.05, 4.69) is 10.1 Å². The Labute approximate surface area is 117 Å². The summed E-state index contributed by atoms with van der Waals surface area (Å²) in [4.78, 5) is 3.85. The maximum Gasteiger partial charge on any atom is 0.416 e. The number of pyridine rings is 1. The van der Waals surface area contributed by atoms with Gasteiger partial charge in [0.05, 0.1) is 5.56 Å². The van der Waals surface area contributed by atoms with Crippen molar-refractivity contribution >= 4 is 5.84 Å². The van der Waals surface area contributed by atoms with E-state index in [0.29, 0.717) is 5.56 Å². The zero-order chi connectivity index (χ0) is 15.5. The molecule has 110 valence electrons. The van der Waals surface area contributed by atoms with E-state index in [4.69, 9.17) is 15.7 Å². The molecule has 0 aliphatic rings. The molecule has 1 aromatic carbocycles. The van der Waals surface area contributed by atoms with Gasteiger partial charge in [-0.2, -0.15) is 13.2 Å². The number of hydrogen-bond donors (Lipinski definition) is 2. The molecule has 8 heteroatoms. The van der Waals surface area contributed by atoms with Crippen molar-refractivity contribution in [1.29, 1.82) is 0 Å². The van der Waals surface area contributed by atoms with E-state index >= 15 is 0 Å². The summed E-state index contributed by atoms with van der Waals surface area (Å²) in [6.07, 6.45) is -3.13. The first-order valence-corrected chi connectivity index (χ1v) is 5.69. The lowest BCUT2D eigenvalue weighted by Gasteiger charge is -2.09. The van der Waals surface area contributed by atoms with E-state index in [1.165, 1.54) is 30.5 Å². The van der Waals surface area contributed by atoms with Crippen molar-refractivity contribution in [3.8, 4) is 11.6 Å². The quantitative estimate of drug-likeness (QED) is 0.395. The van der Waals surface area contributed by atoms with Gasteiger partial charge in [-0.3, -0.25) is 0 Å². The molecule has 0 radical (unpaired) electrons. The van der Waals surface area contributed by atoms with E-state index in [1.54, 1.807) is 0 Å². The van der Waals surface area contributed by atoms with Gasteiger partial charge in [-0.1, -0.05) is 11.2 Å². The van der Waals surface area contributed by atoms with Crippen LogP contribution in [0.1, 0.15) is 11.1 Å². The van der Waals surface area contributed by atoms with Crippen molar-refractivity contribution in [2.75, 3.05) is 0 Å². The van der Waals surface area contributed by atoms with Crippen LogP contribution < -0.4 is 10.5 Å². The highest BCUT2D eigenvalue weighted by Crippen LogP contribution is 2.32. The summed E-state index contributed by atoms with van der Waals surface area (Å²) >= 11 is 0. The highest BCUT2D eigenvalue weighted by molar-refractivity contribution is 5.97. The largest absolute Gasteiger partial charge is 0.439 e. The molecule has 1 heterocycles. The second-order valence-corrected chi connectivity index (χ2v) is 4.00. The summed E-state index contributed by atoms with van der Waals surface area (Å²) in [5.74, 6) is -0.154. The maximum absolute atomic E-state index is 12.6. The number of aromatic nitrogens is 1. The molecular weight excluding hydrogens is 287 g/mol. The Morgan fingerprint density at radius 3 is 2.67 bits per heavy atom. The second kappa shape index (κ2) is 5.70. The molecule has 0 amide bonds. The summed E-state index contributed by atoms with van der Waals surface area (Å²) in [5.41, 5.74) is 4.91. The highest BCUT2D eigenvalue weighted by Gasteiger charge is 2.30. The minimum Gasteiger partial charge on any atom is -0.439 e. The normalized spacial score (nSPS) is 12.2. The fourth-order valence-electron chi connectivity index (χ4n) is 1.54. The summed E-state index contributed by atoms with van der Waals surface area (Å²) in [7, 11) is 0. The van der Waals surface area contributed by atoms with E-state index < -0.39 is 11.7 Å². The highest BCUT2D eigenvalue weighted by atomic mass is 19.4. The van der Waals surface area contributed by atoms with Crippen LogP contribution in [0.2, 0.25) is 0 Å². The van der Waals surface area contributed by atoms with Crippen molar-refractivity contribution in [1.82, 2.24) is 4.98 Å². The number of nitrogens with two attached hydrogens (primary N) is 1. The Kier molecular flexibility index (Phi) is 3.97. The number of ether oxygens (including phenoxy) is 1. The fraction of sp³-hybridized carbons (Fsp3) is 0.0769. The van der Waals surface area contributed by atoms with Gasteiger partial charge in [0, 0.05) is 17.8 Å². The molecule has 2 aromatic rings. The fourth-order valence-corrected chi connectivity index (χ4v) is 1.54. The van der Waals surface area contributed by atoms with Gasteiger partial charge in [0.2, 0.25) is 5.88 Å². The van der Waals surface area contributed by atoms with Crippen molar-refractivity contribution in [3.05, 3.63) is 53.7 Å². The van der Waals surface area contributed by atoms with Crippen molar-refractivity contribution in [2.24, 2.45) is 10.9 Å². The predicted molar refractivity (Wildman–Crippen MR) is 68.3 cm³/mol. The Morgan fingerprint density at radius 1 is 1.24 bits per heavy atom. The smallest absolute Gasteiger partial charge is 0.416 e. The Morgan fingerprint density at radius 2 is 2.00 bits per heavy atom. The second-order valence-electron chi connectivity index (χ2n) is 4.00. The lowest BCUT2D eigenvalue weighted by Crippen LogP contribution is -2.13. The molecule has 0 aliphatic heterocycles. The minimum absolute atomic E-state index is 0.0195. The number of nitrogens with zero attached hydrogens (tertiary/aromatic N) is 2. The van der Waals surface area contributed by atoms with Crippen LogP contribution in [0.25, 0.3) is 0 Å². The van der Waals surface area contributed by atoms with Gasteiger partial charge in [-0.25, -0.2) is 4.98 Å². The third kappa shape index (κ3) is 3.62. The molecular formula is C13H10F3N3O2. The van der Waals surface area contributed by atoms with Crippen LogP contribution in [0, 0.1) is 0 Å². The summed E-state index contributed by atoms with van der Waals surface area (Å²) in [5, 5.41) is 11.4. The summed E-state index contributed by atoms with van der Waals surface area (Å²) in [6.45, 7) is 0. The first-order chi connectivity index (χ1) is 9.90. The Hall–Kier alpha value is -2.77. The third-order valence-electron chi connectivity index (χ3n) is 2.52. The zero-order valence-corrected chi connectivity index (χ0v) is 10.5. The molecule has 0 saturated heterocycles. The molecule has 0 bridgehead atoms. The number of alkyl halides is 3. The van der Waals surface area contributed by atoms with Gasteiger partial charge < -0.3 is 15.7 Å². The topological polar surface area (TPSA) is 80.7 Å².